The summed E-state index contributed by atoms with van der Waals surface area (Å²) in [5.74, 6) is 0.221. The number of halogens is 1. The Morgan fingerprint density at radius 2 is 1.32 bits per heavy atom. The standard InChI is InChI=1S/C19H21N3O2.ClH/c23-18(13-16-5-2-1-3-6-16)21-9-11-22(12-10-21)19(24)14-17-7-4-8-20-15-17;/h1-8,15H,9-14H2;1H. The summed E-state index contributed by atoms with van der Waals surface area (Å²) >= 11 is 0. The average molecular weight is 360 g/mol. The van der Waals surface area contributed by atoms with Crippen LogP contribution in [0.15, 0.2) is 54.9 Å². The lowest BCUT2D eigenvalue weighted by Gasteiger charge is -2.35. The van der Waals surface area contributed by atoms with Gasteiger partial charge in [0.05, 0.1) is 12.8 Å². The van der Waals surface area contributed by atoms with Crippen molar-refractivity contribution >= 4 is 24.2 Å². The topological polar surface area (TPSA) is 53.5 Å². The molecule has 1 saturated heterocycles. The molecular formula is C19H22ClN3O2. The third-order valence-corrected chi connectivity index (χ3v) is 4.26. The molecule has 5 nitrogen and oxygen atoms in total. The van der Waals surface area contributed by atoms with Crippen LogP contribution in [-0.4, -0.2) is 52.8 Å². The number of piperazine rings is 1. The minimum absolute atomic E-state index is 0. The van der Waals surface area contributed by atoms with Crippen LogP contribution in [0.1, 0.15) is 11.1 Å². The molecule has 2 amide bonds. The maximum atomic E-state index is 12.3. The Balaban J connectivity index is 0.00000225. The van der Waals surface area contributed by atoms with Crippen molar-refractivity contribution in [3.8, 4) is 0 Å². The van der Waals surface area contributed by atoms with E-state index in [4.69, 9.17) is 0 Å². The van der Waals surface area contributed by atoms with Crippen molar-refractivity contribution < 1.29 is 9.59 Å². The summed E-state index contributed by atoms with van der Waals surface area (Å²) in [6.45, 7) is 2.40. The molecule has 1 aliphatic heterocycles. The molecule has 0 atom stereocenters. The van der Waals surface area contributed by atoms with Crippen LogP contribution in [0, 0.1) is 0 Å². The van der Waals surface area contributed by atoms with Crippen molar-refractivity contribution in [3.63, 3.8) is 0 Å². The molecule has 1 aromatic carbocycles. The first-order valence-corrected chi connectivity index (χ1v) is 8.21. The van der Waals surface area contributed by atoms with Gasteiger partial charge in [-0.25, -0.2) is 0 Å². The number of aromatic nitrogens is 1. The number of hydrogen-bond acceptors (Lipinski definition) is 3. The zero-order valence-electron chi connectivity index (χ0n) is 14.0. The number of pyridine rings is 1. The van der Waals surface area contributed by atoms with Gasteiger partial charge in [0, 0.05) is 38.6 Å². The van der Waals surface area contributed by atoms with E-state index in [9.17, 15) is 9.59 Å². The Labute approximate surface area is 154 Å². The smallest absolute Gasteiger partial charge is 0.227 e. The molecule has 1 fully saturated rings. The lowest BCUT2D eigenvalue weighted by Crippen LogP contribution is -2.51. The van der Waals surface area contributed by atoms with Gasteiger partial charge in [-0.3, -0.25) is 14.6 Å². The number of carbonyl (C=O) groups excluding carboxylic acids is 2. The Morgan fingerprint density at radius 1 is 0.800 bits per heavy atom. The number of hydrogen-bond donors (Lipinski definition) is 0. The van der Waals surface area contributed by atoms with Gasteiger partial charge in [-0.15, -0.1) is 12.4 Å². The zero-order valence-corrected chi connectivity index (χ0v) is 14.8. The fourth-order valence-corrected chi connectivity index (χ4v) is 2.88. The van der Waals surface area contributed by atoms with Crippen molar-refractivity contribution in [1.82, 2.24) is 14.8 Å². The summed E-state index contributed by atoms with van der Waals surface area (Å²) in [6, 6.07) is 13.5. The number of carbonyl (C=O) groups is 2. The molecule has 1 aliphatic rings. The first-order valence-electron chi connectivity index (χ1n) is 8.21. The zero-order chi connectivity index (χ0) is 16.8. The molecule has 2 aromatic rings. The normalized spacial score (nSPS) is 13.9. The van der Waals surface area contributed by atoms with Gasteiger partial charge in [-0.05, 0) is 17.2 Å². The third kappa shape index (κ3) is 5.29. The van der Waals surface area contributed by atoms with E-state index in [-0.39, 0.29) is 24.2 Å². The van der Waals surface area contributed by atoms with Gasteiger partial charge in [-0.2, -0.15) is 0 Å². The molecule has 0 N–H and O–H groups in total. The highest BCUT2D eigenvalue weighted by atomic mass is 35.5. The van der Waals surface area contributed by atoms with E-state index < -0.39 is 0 Å². The predicted molar refractivity (Wildman–Crippen MR) is 98.5 cm³/mol. The molecule has 0 unspecified atom stereocenters. The largest absolute Gasteiger partial charge is 0.339 e. The summed E-state index contributed by atoms with van der Waals surface area (Å²) in [4.78, 5) is 32.4. The summed E-state index contributed by atoms with van der Waals surface area (Å²) in [7, 11) is 0. The van der Waals surface area contributed by atoms with E-state index in [1.165, 1.54) is 0 Å². The molecule has 0 saturated carbocycles. The predicted octanol–water partition coefficient (Wildman–Crippen LogP) is 1.96. The molecule has 0 aliphatic carbocycles. The molecule has 6 heteroatoms. The third-order valence-electron chi connectivity index (χ3n) is 4.26. The highest BCUT2D eigenvalue weighted by Gasteiger charge is 2.24. The molecular weight excluding hydrogens is 338 g/mol. The summed E-state index contributed by atoms with van der Waals surface area (Å²) in [5, 5.41) is 0. The average Bonchev–Trinajstić information content (AvgIpc) is 2.63. The quantitative estimate of drug-likeness (QED) is 0.838. The van der Waals surface area contributed by atoms with Crippen LogP contribution in [0.25, 0.3) is 0 Å². The van der Waals surface area contributed by atoms with Gasteiger partial charge in [-0.1, -0.05) is 36.4 Å². The molecule has 132 valence electrons. The Kier molecular flexibility index (Phi) is 6.95. The minimum atomic E-state index is 0. The van der Waals surface area contributed by atoms with Gasteiger partial charge in [0.15, 0.2) is 0 Å². The molecule has 2 heterocycles. The van der Waals surface area contributed by atoms with Crippen molar-refractivity contribution in [3.05, 3.63) is 66.0 Å². The van der Waals surface area contributed by atoms with Crippen LogP contribution in [0.5, 0.6) is 0 Å². The molecule has 0 radical (unpaired) electrons. The lowest BCUT2D eigenvalue weighted by molar-refractivity contribution is -0.138. The van der Waals surface area contributed by atoms with Crippen LogP contribution in [0.2, 0.25) is 0 Å². The Hall–Kier alpha value is -2.40. The van der Waals surface area contributed by atoms with E-state index in [1.54, 1.807) is 12.4 Å². The number of rotatable bonds is 4. The van der Waals surface area contributed by atoms with Gasteiger partial charge in [0.2, 0.25) is 11.8 Å². The number of benzene rings is 1. The van der Waals surface area contributed by atoms with Crippen LogP contribution in [-0.2, 0) is 22.4 Å². The molecule has 0 bridgehead atoms. The van der Waals surface area contributed by atoms with Crippen molar-refractivity contribution in [2.45, 2.75) is 12.8 Å². The van der Waals surface area contributed by atoms with E-state index in [0.29, 0.717) is 39.0 Å². The van der Waals surface area contributed by atoms with Crippen LogP contribution < -0.4 is 0 Å². The second-order valence-corrected chi connectivity index (χ2v) is 5.96. The summed E-state index contributed by atoms with van der Waals surface area (Å²) in [5.41, 5.74) is 1.95. The first kappa shape index (κ1) is 18.9. The molecule has 1 aromatic heterocycles. The second kappa shape index (κ2) is 9.18. The van der Waals surface area contributed by atoms with Crippen LogP contribution >= 0.6 is 12.4 Å². The number of nitrogens with zero attached hydrogens (tertiary/aromatic N) is 3. The van der Waals surface area contributed by atoms with Gasteiger partial charge in [0.25, 0.3) is 0 Å². The minimum Gasteiger partial charge on any atom is -0.339 e. The monoisotopic (exact) mass is 359 g/mol. The van der Waals surface area contributed by atoms with Crippen LogP contribution in [0.3, 0.4) is 0 Å². The van der Waals surface area contributed by atoms with E-state index in [0.717, 1.165) is 11.1 Å². The highest BCUT2D eigenvalue weighted by molar-refractivity contribution is 5.85. The van der Waals surface area contributed by atoms with Gasteiger partial charge >= 0.3 is 0 Å². The number of amides is 2. The van der Waals surface area contributed by atoms with E-state index in [2.05, 4.69) is 4.98 Å². The fourth-order valence-electron chi connectivity index (χ4n) is 2.88. The lowest BCUT2D eigenvalue weighted by atomic mass is 10.1. The molecule has 3 rings (SSSR count). The van der Waals surface area contributed by atoms with Gasteiger partial charge < -0.3 is 9.80 Å². The van der Waals surface area contributed by atoms with Gasteiger partial charge in [0.1, 0.15) is 0 Å². The fraction of sp³-hybridized carbons (Fsp3) is 0.316. The SMILES string of the molecule is Cl.O=C(Cc1ccccc1)N1CCN(C(=O)Cc2cccnc2)CC1. The summed E-state index contributed by atoms with van der Waals surface area (Å²) in [6.07, 6.45) is 4.21. The Bertz CT molecular complexity index is 625. The Morgan fingerprint density at radius 3 is 1.84 bits per heavy atom. The first-order chi connectivity index (χ1) is 11.7. The van der Waals surface area contributed by atoms with Crippen molar-refractivity contribution in [2.75, 3.05) is 26.2 Å². The van der Waals surface area contributed by atoms with Crippen molar-refractivity contribution in [2.24, 2.45) is 0 Å². The molecule has 0 spiro atoms. The summed E-state index contributed by atoms with van der Waals surface area (Å²) < 4.78 is 0. The highest BCUT2D eigenvalue weighted by Crippen LogP contribution is 2.09. The maximum Gasteiger partial charge on any atom is 0.227 e. The van der Waals surface area contributed by atoms with E-state index in [1.807, 2.05) is 52.3 Å². The molecule has 25 heavy (non-hydrogen) atoms. The van der Waals surface area contributed by atoms with Crippen LogP contribution in [0.4, 0.5) is 0 Å². The van der Waals surface area contributed by atoms with Crippen molar-refractivity contribution in [1.29, 1.82) is 0 Å². The maximum absolute atomic E-state index is 12.3. The second-order valence-electron chi connectivity index (χ2n) is 5.96. The van der Waals surface area contributed by atoms with E-state index >= 15 is 0 Å².